The number of esters is 1. The Kier molecular flexibility index (Phi) is 9.03. The Bertz CT molecular complexity index is 128. The molecule has 0 aliphatic heterocycles. The van der Waals surface area contributed by atoms with Crippen LogP contribution in [-0.2, 0) is 14.3 Å². The average Bonchev–Trinajstić information content (AvgIpc) is 2.13. The number of hydrogen-bond acceptors (Lipinski definition) is 4. The molecule has 0 aromatic carbocycles. The van der Waals surface area contributed by atoms with Crippen molar-refractivity contribution in [2.24, 2.45) is 0 Å². The predicted molar refractivity (Wildman–Crippen MR) is 50.6 cm³/mol. The fraction of sp³-hybridized carbons (Fsp3) is 0.889. The molecule has 0 aliphatic rings. The number of hydrogen-bond donors (Lipinski definition) is 1. The fourth-order valence-corrected chi connectivity index (χ4v) is 0.746. The van der Waals surface area contributed by atoms with Crippen LogP contribution in [0.5, 0.6) is 0 Å². The summed E-state index contributed by atoms with van der Waals surface area (Å²) in [6.45, 7) is 4.15. The monoisotopic (exact) mass is 189 g/mol. The Hall–Kier alpha value is -0.610. The molecule has 0 bridgehead atoms. The molecular weight excluding hydrogens is 170 g/mol. The minimum atomic E-state index is -0.190. The van der Waals surface area contributed by atoms with Crippen LogP contribution in [0, 0.1) is 0 Å². The second-order valence-electron chi connectivity index (χ2n) is 2.74. The van der Waals surface area contributed by atoms with E-state index in [-0.39, 0.29) is 12.5 Å². The highest BCUT2D eigenvalue weighted by Crippen LogP contribution is 1.87. The van der Waals surface area contributed by atoms with E-state index in [1.54, 1.807) is 7.11 Å². The van der Waals surface area contributed by atoms with Crippen molar-refractivity contribution < 1.29 is 14.3 Å². The van der Waals surface area contributed by atoms with Crippen LogP contribution >= 0.6 is 0 Å². The van der Waals surface area contributed by atoms with Gasteiger partial charge >= 0.3 is 5.97 Å². The Morgan fingerprint density at radius 2 is 2.15 bits per heavy atom. The van der Waals surface area contributed by atoms with E-state index < -0.39 is 0 Å². The Morgan fingerprint density at radius 3 is 2.77 bits per heavy atom. The van der Waals surface area contributed by atoms with Gasteiger partial charge in [-0.1, -0.05) is 13.3 Å². The molecule has 0 unspecified atom stereocenters. The Labute approximate surface area is 79.6 Å². The number of unbranched alkanes of at least 4 members (excludes halogenated alkanes) is 1. The third-order valence-electron chi connectivity index (χ3n) is 1.51. The van der Waals surface area contributed by atoms with Crippen molar-refractivity contribution in [2.75, 3.05) is 33.4 Å². The summed E-state index contributed by atoms with van der Waals surface area (Å²) in [6, 6.07) is 0. The number of carbonyl (C=O) groups excluding carboxylic acids is 1. The van der Waals surface area contributed by atoms with Gasteiger partial charge in [-0.2, -0.15) is 0 Å². The van der Waals surface area contributed by atoms with Gasteiger partial charge in [0.15, 0.2) is 0 Å². The van der Waals surface area contributed by atoms with Crippen molar-refractivity contribution in [3.8, 4) is 0 Å². The zero-order valence-corrected chi connectivity index (χ0v) is 8.47. The predicted octanol–water partition coefficient (Wildman–Crippen LogP) is 0.566. The fourth-order valence-electron chi connectivity index (χ4n) is 0.746. The number of carbonyl (C=O) groups is 1. The van der Waals surface area contributed by atoms with Gasteiger partial charge in [0.2, 0.25) is 0 Å². The van der Waals surface area contributed by atoms with Crippen LogP contribution in [0.3, 0.4) is 0 Å². The van der Waals surface area contributed by atoms with Crippen LogP contribution in [0.4, 0.5) is 0 Å². The van der Waals surface area contributed by atoms with E-state index in [1.807, 2.05) is 0 Å². The van der Waals surface area contributed by atoms with E-state index in [2.05, 4.69) is 12.2 Å². The van der Waals surface area contributed by atoms with Gasteiger partial charge in [0.1, 0.15) is 0 Å². The molecule has 0 saturated carbocycles. The molecule has 0 heterocycles. The largest absolute Gasteiger partial charge is 0.465 e. The topological polar surface area (TPSA) is 47.6 Å². The molecule has 0 amide bonds. The summed E-state index contributed by atoms with van der Waals surface area (Å²) < 4.78 is 9.73. The van der Waals surface area contributed by atoms with Crippen molar-refractivity contribution in [1.29, 1.82) is 0 Å². The number of ether oxygens (including phenoxy) is 2. The van der Waals surface area contributed by atoms with E-state index in [4.69, 9.17) is 9.47 Å². The molecule has 0 aromatic heterocycles. The molecule has 0 aliphatic carbocycles. The highest BCUT2D eigenvalue weighted by Gasteiger charge is 1.99. The van der Waals surface area contributed by atoms with Gasteiger partial charge in [0.25, 0.3) is 0 Å². The number of nitrogens with one attached hydrogen (secondary N) is 1. The maximum absolute atomic E-state index is 11.0. The zero-order chi connectivity index (χ0) is 9.94. The van der Waals surface area contributed by atoms with E-state index >= 15 is 0 Å². The molecule has 0 atom stereocenters. The lowest BCUT2D eigenvalue weighted by atomic mass is 10.4. The van der Waals surface area contributed by atoms with Crippen molar-refractivity contribution in [2.45, 2.75) is 19.8 Å². The maximum Gasteiger partial charge on any atom is 0.319 e. The summed E-state index contributed by atoms with van der Waals surface area (Å²) in [4.78, 5) is 11.0. The standard InChI is InChI=1S/C9H19NO3/c1-3-4-6-13-9(11)8-10-5-7-12-2/h10H,3-8H2,1-2H3. The normalized spacial score (nSPS) is 10.0. The summed E-state index contributed by atoms with van der Waals surface area (Å²) >= 11 is 0. The summed E-state index contributed by atoms with van der Waals surface area (Å²) in [5, 5.41) is 2.91. The van der Waals surface area contributed by atoms with Crippen LogP contribution in [0.2, 0.25) is 0 Å². The number of rotatable bonds is 8. The quantitative estimate of drug-likeness (QED) is 0.448. The van der Waals surface area contributed by atoms with Crippen LogP contribution in [0.25, 0.3) is 0 Å². The van der Waals surface area contributed by atoms with Gasteiger partial charge in [0, 0.05) is 13.7 Å². The van der Waals surface area contributed by atoms with E-state index in [1.165, 1.54) is 0 Å². The molecule has 0 aromatic rings. The molecule has 13 heavy (non-hydrogen) atoms. The molecule has 0 rings (SSSR count). The lowest BCUT2D eigenvalue weighted by Gasteiger charge is -2.04. The van der Waals surface area contributed by atoms with Gasteiger partial charge in [-0.25, -0.2) is 0 Å². The van der Waals surface area contributed by atoms with Crippen molar-refractivity contribution in [3.63, 3.8) is 0 Å². The van der Waals surface area contributed by atoms with Crippen molar-refractivity contribution in [1.82, 2.24) is 5.32 Å². The van der Waals surface area contributed by atoms with Crippen LogP contribution in [0.1, 0.15) is 19.8 Å². The molecule has 0 radical (unpaired) electrons. The van der Waals surface area contributed by atoms with Gasteiger partial charge in [-0.15, -0.1) is 0 Å². The average molecular weight is 189 g/mol. The second kappa shape index (κ2) is 9.48. The number of methoxy groups -OCH3 is 1. The highest BCUT2D eigenvalue weighted by molar-refractivity contribution is 5.71. The van der Waals surface area contributed by atoms with Gasteiger partial charge in [-0.05, 0) is 6.42 Å². The first kappa shape index (κ1) is 12.4. The smallest absolute Gasteiger partial charge is 0.319 e. The van der Waals surface area contributed by atoms with Crippen molar-refractivity contribution in [3.05, 3.63) is 0 Å². The lowest BCUT2D eigenvalue weighted by Crippen LogP contribution is -2.27. The first-order chi connectivity index (χ1) is 6.31. The van der Waals surface area contributed by atoms with Crippen LogP contribution in [-0.4, -0.2) is 39.4 Å². The molecule has 0 saturated heterocycles. The summed E-state index contributed by atoms with van der Waals surface area (Å²) in [7, 11) is 1.63. The summed E-state index contributed by atoms with van der Waals surface area (Å²) in [6.07, 6.45) is 1.98. The first-order valence-electron chi connectivity index (χ1n) is 4.66. The minimum Gasteiger partial charge on any atom is -0.465 e. The molecule has 0 spiro atoms. The molecule has 0 fully saturated rings. The molecule has 78 valence electrons. The maximum atomic E-state index is 11.0. The lowest BCUT2D eigenvalue weighted by molar-refractivity contribution is -0.142. The molecule has 4 nitrogen and oxygen atoms in total. The Balaban J connectivity index is 3.11. The first-order valence-corrected chi connectivity index (χ1v) is 4.66. The molecule has 4 heteroatoms. The zero-order valence-electron chi connectivity index (χ0n) is 8.47. The Morgan fingerprint density at radius 1 is 1.38 bits per heavy atom. The molecular formula is C9H19NO3. The third-order valence-corrected chi connectivity index (χ3v) is 1.51. The summed E-state index contributed by atoms with van der Waals surface area (Å²) in [5.41, 5.74) is 0. The van der Waals surface area contributed by atoms with Crippen LogP contribution in [0.15, 0.2) is 0 Å². The summed E-state index contributed by atoms with van der Waals surface area (Å²) in [5.74, 6) is -0.190. The van der Waals surface area contributed by atoms with E-state index in [9.17, 15) is 4.79 Å². The second-order valence-corrected chi connectivity index (χ2v) is 2.74. The van der Waals surface area contributed by atoms with Gasteiger partial charge in [0.05, 0.1) is 19.8 Å². The van der Waals surface area contributed by atoms with Gasteiger partial charge in [-0.3, -0.25) is 4.79 Å². The van der Waals surface area contributed by atoms with Gasteiger partial charge < -0.3 is 14.8 Å². The SMILES string of the molecule is CCCCOC(=O)CNCCOC. The van der Waals surface area contributed by atoms with E-state index in [0.29, 0.717) is 19.8 Å². The third kappa shape index (κ3) is 9.30. The highest BCUT2D eigenvalue weighted by atomic mass is 16.5. The van der Waals surface area contributed by atoms with E-state index in [0.717, 1.165) is 12.8 Å². The van der Waals surface area contributed by atoms with Crippen LogP contribution < -0.4 is 5.32 Å². The van der Waals surface area contributed by atoms with Crippen molar-refractivity contribution >= 4 is 5.97 Å². The minimum absolute atomic E-state index is 0.190. The molecule has 1 N–H and O–H groups in total.